The van der Waals surface area contributed by atoms with Crippen molar-refractivity contribution in [2.24, 2.45) is 0 Å². The van der Waals surface area contributed by atoms with E-state index in [-0.39, 0.29) is 18.8 Å². The molecule has 1 aliphatic rings. The fourth-order valence-corrected chi connectivity index (χ4v) is 2.44. The van der Waals surface area contributed by atoms with Crippen molar-refractivity contribution in [1.29, 1.82) is 0 Å². The first-order valence-electron chi connectivity index (χ1n) is 5.48. The number of nitrogen functional groups attached to an aromatic ring is 1. The standard InChI is InChI=1S/C10H12N3O4PS/c11-9-5(4-18-19)2-13(10(16)12-9)8-1-6(15)7(3-14)17-8/h2,6-8,14-15H,1,3H2,(H2,11,12,16)/t6-,7+,8+/m0/s1. The molecule has 2 heterocycles. The predicted octanol–water partition coefficient (Wildman–Crippen LogP) is -0.818. The SMILES string of the molecule is Nc1nc(=O)n([C@H]2C[C@H](O)[C@@H](CO)O2)cc1C#P=S. The van der Waals surface area contributed by atoms with Gasteiger partial charge in [0.05, 0.1) is 0 Å². The summed E-state index contributed by atoms with van der Waals surface area (Å²) in [4.78, 5) is 15.4. The van der Waals surface area contributed by atoms with Gasteiger partial charge in [0.15, 0.2) is 0 Å². The van der Waals surface area contributed by atoms with Gasteiger partial charge in [-0.05, 0) is 0 Å². The van der Waals surface area contributed by atoms with E-state index >= 15 is 0 Å². The van der Waals surface area contributed by atoms with Crippen LogP contribution in [-0.4, -0.2) is 38.6 Å². The van der Waals surface area contributed by atoms with Gasteiger partial charge in [-0.1, -0.05) is 0 Å². The molecule has 7 nitrogen and oxygen atoms in total. The summed E-state index contributed by atoms with van der Waals surface area (Å²) in [6.45, 7) is 0.131. The molecule has 9 heteroatoms. The van der Waals surface area contributed by atoms with E-state index in [2.05, 4.69) is 10.6 Å². The predicted molar refractivity (Wildman–Crippen MR) is 71.8 cm³/mol. The molecule has 102 valence electrons. The zero-order valence-electron chi connectivity index (χ0n) is 9.76. The number of ether oxygens (including phenoxy) is 1. The average Bonchev–Trinajstić information content (AvgIpc) is 2.74. The number of hydrogen-bond acceptors (Lipinski definition) is 7. The molecule has 1 aromatic rings. The summed E-state index contributed by atoms with van der Waals surface area (Å²) in [7, 11) is 0. The molecule has 1 saturated heterocycles. The zero-order chi connectivity index (χ0) is 14.0. The summed E-state index contributed by atoms with van der Waals surface area (Å²) in [6.07, 6.45) is -0.575. The van der Waals surface area contributed by atoms with Crippen LogP contribution in [0.25, 0.3) is 0 Å². The van der Waals surface area contributed by atoms with E-state index < -0.39 is 24.1 Å². The van der Waals surface area contributed by atoms with Gasteiger partial charge in [-0.2, -0.15) is 0 Å². The van der Waals surface area contributed by atoms with Gasteiger partial charge in [0.1, 0.15) is 0 Å². The van der Waals surface area contributed by atoms with Crippen molar-refractivity contribution in [3.8, 4) is 5.63 Å². The minimum atomic E-state index is -0.826. The van der Waals surface area contributed by atoms with E-state index in [0.717, 1.165) is 0 Å². The van der Waals surface area contributed by atoms with Crippen LogP contribution in [0.5, 0.6) is 0 Å². The van der Waals surface area contributed by atoms with Crippen molar-refractivity contribution in [1.82, 2.24) is 9.55 Å². The molecule has 1 aliphatic heterocycles. The van der Waals surface area contributed by atoms with E-state index in [1.54, 1.807) is 0 Å². The van der Waals surface area contributed by atoms with E-state index in [1.165, 1.54) is 10.8 Å². The summed E-state index contributed by atoms with van der Waals surface area (Å²) in [5, 5.41) is 18.7. The topological polar surface area (TPSA) is 111 Å². The van der Waals surface area contributed by atoms with Gasteiger partial charge in [0, 0.05) is 0 Å². The van der Waals surface area contributed by atoms with E-state index in [0.29, 0.717) is 12.4 Å². The van der Waals surface area contributed by atoms with E-state index in [4.69, 9.17) is 27.4 Å². The quantitative estimate of drug-likeness (QED) is 0.612. The Morgan fingerprint density at radius 3 is 3.05 bits per heavy atom. The summed E-state index contributed by atoms with van der Waals surface area (Å²) >= 11 is 4.75. The summed E-state index contributed by atoms with van der Waals surface area (Å²) in [5.41, 5.74) is 8.20. The number of rotatable bonds is 2. The van der Waals surface area contributed by atoms with Crippen molar-refractivity contribution < 1.29 is 14.9 Å². The normalized spacial score (nSPS) is 26.1. The average molecular weight is 301 g/mol. The molecule has 1 fully saturated rings. The maximum atomic E-state index is 11.8. The fraction of sp³-hybridized carbons (Fsp3) is 0.500. The van der Waals surface area contributed by atoms with Gasteiger partial charge in [-0.15, -0.1) is 0 Å². The molecular formula is C10H12N3O4PS. The van der Waals surface area contributed by atoms with Crippen molar-refractivity contribution >= 4 is 24.4 Å². The third-order valence-electron chi connectivity index (χ3n) is 2.84. The number of aliphatic hydroxyl groups is 2. The molecule has 0 amide bonds. The van der Waals surface area contributed by atoms with Crippen molar-refractivity contribution in [2.75, 3.05) is 12.3 Å². The second-order valence-electron chi connectivity index (χ2n) is 4.05. The van der Waals surface area contributed by atoms with Gasteiger partial charge in [0.25, 0.3) is 0 Å². The first kappa shape index (κ1) is 14.4. The van der Waals surface area contributed by atoms with Crippen LogP contribution in [0.1, 0.15) is 18.2 Å². The Bertz CT molecular complexity index is 644. The van der Waals surface area contributed by atoms with Gasteiger partial charge in [0.2, 0.25) is 0 Å². The van der Waals surface area contributed by atoms with Crippen molar-refractivity contribution in [2.45, 2.75) is 24.9 Å². The number of anilines is 1. The van der Waals surface area contributed by atoms with Crippen molar-refractivity contribution in [3.63, 3.8) is 0 Å². The number of nitrogens with two attached hydrogens (primary N) is 1. The molecule has 19 heavy (non-hydrogen) atoms. The molecule has 0 aliphatic carbocycles. The first-order valence-corrected chi connectivity index (χ1v) is 7.39. The molecule has 0 radical (unpaired) electrons. The fourth-order valence-electron chi connectivity index (χ4n) is 1.87. The molecule has 4 N–H and O–H groups in total. The molecular weight excluding hydrogens is 289 g/mol. The van der Waals surface area contributed by atoms with Crippen LogP contribution in [0.15, 0.2) is 11.0 Å². The second kappa shape index (κ2) is 5.96. The third kappa shape index (κ3) is 2.95. The van der Waals surface area contributed by atoms with Gasteiger partial charge >= 0.3 is 114 Å². The molecule has 0 spiro atoms. The molecule has 1 aromatic heterocycles. The van der Waals surface area contributed by atoms with E-state index in [1.807, 2.05) is 0 Å². The van der Waals surface area contributed by atoms with Gasteiger partial charge in [-0.25, -0.2) is 0 Å². The Labute approximate surface area is 114 Å². The van der Waals surface area contributed by atoms with Crippen LogP contribution in [0.3, 0.4) is 0 Å². The number of nitrogens with zero attached hydrogens (tertiary/aromatic N) is 2. The minimum absolute atomic E-state index is 0.0517. The van der Waals surface area contributed by atoms with Crippen LogP contribution in [0.2, 0.25) is 0 Å². The summed E-state index contributed by atoms with van der Waals surface area (Å²) < 4.78 is 6.61. The van der Waals surface area contributed by atoms with Gasteiger partial charge < -0.3 is 0 Å². The molecule has 3 atom stereocenters. The van der Waals surface area contributed by atoms with Crippen LogP contribution in [0.4, 0.5) is 5.82 Å². The van der Waals surface area contributed by atoms with E-state index in [9.17, 15) is 9.90 Å². The molecule has 0 unspecified atom stereocenters. The summed E-state index contributed by atoms with van der Waals surface area (Å²) in [6, 6.07) is 0. The molecule has 2 rings (SSSR count). The van der Waals surface area contributed by atoms with Crippen LogP contribution in [-0.2, 0) is 16.5 Å². The number of aliphatic hydroxyl groups excluding tert-OH is 2. The second-order valence-corrected chi connectivity index (χ2v) is 5.00. The Kier molecular flexibility index (Phi) is 4.52. The first-order chi connectivity index (χ1) is 9.06. The Morgan fingerprint density at radius 1 is 1.74 bits per heavy atom. The molecule has 0 aromatic carbocycles. The number of aromatic nitrogens is 2. The summed E-state index contributed by atoms with van der Waals surface area (Å²) in [5.74, 6) is 0.0517. The monoisotopic (exact) mass is 301 g/mol. The molecule has 0 saturated carbocycles. The Morgan fingerprint density at radius 2 is 2.47 bits per heavy atom. The van der Waals surface area contributed by atoms with Gasteiger partial charge in [-0.3, -0.25) is 0 Å². The number of hydrogen-bond donors (Lipinski definition) is 3. The van der Waals surface area contributed by atoms with Crippen LogP contribution in [0, 0.1) is 5.63 Å². The Hall–Kier alpha value is -1.01. The Balaban J connectivity index is 2.40. The van der Waals surface area contributed by atoms with Crippen LogP contribution >= 0.6 is 6.81 Å². The zero-order valence-corrected chi connectivity index (χ0v) is 11.5. The third-order valence-corrected chi connectivity index (χ3v) is 3.45. The maximum absolute atomic E-state index is 11.8. The van der Waals surface area contributed by atoms with Crippen LogP contribution < -0.4 is 11.4 Å². The molecule has 0 bridgehead atoms. The van der Waals surface area contributed by atoms with Crippen molar-refractivity contribution in [3.05, 3.63) is 22.2 Å².